The van der Waals surface area contributed by atoms with Gasteiger partial charge in [0.1, 0.15) is 12.4 Å². The van der Waals surface area contributed by atoms with Gasteiger partial charge in [-0.2, -0.15) is 0 Å². The van der Waals surface area contributed by atoms with Crippen LogP contribution in [0.5, 0.6) is 0 Å². The van der Waals surface area contributed by atoms with Crippen LogP contribution in [0.2, 0.25) is 0 Å². The first kappa shape index (κ1) is 27.1. The molecule has 0 aliphatic heterocycles. The number of unbranched alkanes of at least 4 members (excludes halogenated alkanes) is 3. The molecule has 0 aromatic carbocycles. The van der Waals surface area contributed by atoms with Gasteiger partial charge in [0.05, 0.1) is 13.2 Å². The second-order valence-electron chi connectivity index (χ2n) is 6.00. The second-order valence-corrected chi connectivity index (χ2v) is 6.00. The molecule has 0 radical (unpaired) electrons. The van der Waals surface area contributed by atoms with Crippen LogP contribution in [0.3, 0.4) is 0 Å². The van der Waals surface area contributed by atoms with Gasteiger partial charge in [0, 0.05) is 32.8 Å². The van der Waals surface area contributed by atoms with Crippen LogP contribution < -0.4 is 0 Å². The largest absolute Gasteiger partial charge is 0.481 e. The normalized spacial score (nSPS) is 12.5. The van der Waals surface area contributed by atoms with Crippen molar-refractivity contribution in [2.75, 3.05) is 26.4 Å². The monoisotopic (exact) mass is 436 g/mol. The van der Waals surface area contributed by atoms with Crippen LogP contribution in [0.25, 0.3) is 0 Å². The Morgan fingerprint density at radius 2 is 1.36 bits per heavy atom. The van der Waals surface area contributed by atoms with Gasteiger partial charge in [0.25, 0.3) is 0 Å². The van der Waals surface area contributed by atoms with Crippen molar-refractivity contribution in [1.82, 2.24) is 0 Å². The molecule has 0 aliphatic rings. The molecular weight excluding hydrogens is 403 g/mol. The molecule has 0 saturated heterocycles. The number of hydrogen-bond acceptors (Lipinski definition) is 5. The molecule has 0 spiro atoms. The van der Waals surface area contributed by atoms with Crippen LogP contribution in [0.15, 0.2) is 0 Å². The van der Waals surface area contributed by atoms with Crippen molar-refractivity contribution in [3.63, 3.8) is 0 Å². The van der Waals surface area contributed by atoms with E-state index in [1.807, 2.05) is 20.8 Å². The summed E-state index contributed by atoms with van der Waals surface area (Å²) in [5.74, 6) is -4.69. The van der Waals surface area contributed by atoms with Crippen LogP contribution in [-0.4, -0.2) is 49.1 Å². The first-order valence-corrected chi connectivity index (χ1v) is 9.04. The second kappa shape index (κ2) is 16.1. The third-order valence-electron chi connectivity index (χ3n) is 3.73. The number of aliphatic carboxylic acids is 1. The molecule has 1 N–H and O–H groups in total. The topological polar surface area (TPSA) is 82.1 Å². The van der Waals surface area contributed by atoms with E-state index in [2.05, 4.69) is 0 Å². The number of rotatable bonds is 16. The number of ether oxygens (including phenoxy) is 3. The van der Waals surface area contributed by atoms with Crippen LogP contribution in [-0.2, 0) is 50.0 Å². The van der Waals surface area contributed by atoms with Crippen molar-refractivity contribution < 1.29 is 55.1 Å². The summed E-state index contributed by atoms with van der Waals surface area (Å²) in [5, 5.41) is 9.56. The first-order chi connectivity index (χ1) is 11.4. The van der Waals surface area contributed by atoms with E-state index in [0.717, 1.165) is 38.5 Å². The summed E-state index contributed by atoms with van der Waals surface area (Å²) in [4.78, 5) is 23.7. The summed E-state index contributed by atoms with van der Waals surface area (Å²) in [5.41, 5.74) is 0. The number of carbonyl (C=O) groups is 2. The standard InChI is InChI=1S/C18H34O6.Zr/c1-5-8-11-22-14-18(23-12-9-6-2,24-13-10-7-3)16(15(4)19)17(20)21;/h16H,5-14H2,1-4H3,(H,20,21);. The van der Waals surface area contributed by atoms with Crippen molar-refractivity contribution in [3.8, 4) is 0 Å². The summed E-state index contributed by atoms with van der Waals surface area (Å²) in [6, 6.07) is 0. The summed E-state index contributed by atoms with van der Waals surface area (Å²) in [6.45, 7) is 8.41. The van der Waals surface area contributed by atoms with Gasteiger partial charge in [-0.05, 0) is 26.2 Å². The van der Waals surface area contributed by atoms with E-state index in [-0.39, 0.29) is 32.8 Å². The zero-order chi connectivity index (χ0) is 18.4. The fourth-order valence-electron chi connectivity index (χ4n) is 2.29. The molecule has 0 aromatic heterocycles. The van der Waals surface area contributed by atoms with Gasteiger partial charge in [-0.3, -0.25) is 9.59 Å². The maximum atomic E-state index is 12.0. The first-order valence-electron chi connectivity index (χ1n) is 9.04. The number of hydrogen-bond donors (Lipinski definition) is 1. The molecule has 0 aromatic rings. The van der Waals surface area contributed by atoms with E-state index in [1.54, 1.807) is 0 Å². The van der Waals surface area contributed by atoms with Gasteiger partial charge in [-0.1, -0.05) is 40.0 Å². The minimum atomic E-state index is -1.56. The Balaban J connectivity index is 0. The van der Waals surface area contributed by atoms with Crippen LogP contribution in [0, 0.1) is 5.92 Å². The molecule has 0 heterocycles. The fourth-order valence-corrected chi connectivity index (χ4v) is 2.29. The smallest absolute Gasteiger partial charge is 0.319 e. The quantitative estimate of drug-likeness (QED) is 0.226. The third kappa shape index (κ3) is 10.6. The van der Waals surface area contributed by atoms with Crippen molar-refractivity contribution in [2.24, 2.45) is 5.92 Å². The molecule has 0 aliphatic carbocycles. The van der Waals surface area contributed by atoms with E-state index in [9.17, 15) is 14.7 Å². The van der Waals surface area contributed by atoms with Gasteiger partial charge in [0.2, 0.25) is 5.79 Å². The molecule has 6 nitrogen and oxygen atoms in total. The molecule has 0 bridgehead atoms. The molecular formula is C18H34O6Zr. The van der Waals surface area contributed by atoms with Gasteiger partial charge < -0.3 is 19.3 Å². The van der Waals surface area contributed by atoms with Crippen molar-refractivity contribution in [2.45, 2.75) is 72.0 Å². The molecule has 0 fully saturated rings. The predicted octanol–water partition coefficient (Wildman–Crippen LogP) is 3.42. The minimum Gasteiger partial charge on any atom is -0.481 e. The Morgan fingerprint density at radius 1 is 0.920 bits per heavy atom. The summed E-state index contributed by atoms with van der Waals surface area (Å²) in [6.07, 6.45) is 5.16. The molecule has 7 heteroatoms. The molecule has 0 amide bonds. The van der Waals surface area contributed by atoms with Gasteiger partial charge in [-0.15, -0.1) is 0 Å². The third-order valence-corrected chi connectivity index (χ3v) is 3.73. The molecule has 25 heavy (non-hydrogen) atoms. The average Bonchev–Trinajstić information content (AvgIpc) is 2.51. The minimum absolute atomic E-state index is 0. The number of carboxylic acid groups (broad SMARTS) is 1. The molecule has 0 saturated carbocycles. The van der Waals surface area contributed by atoms with Crippen LogP contribution in [0.4, 0.5) is 0 Å². The van der Waals surface area contributed by atoms with Crippen LogP contribution in [0.1, 0.15) is 66.2 Å². The number of carboxylic acids is 1. The van der Waals surface area contributed by atoms with Gasteiger partial charge in [0.15, 0.2) is 5.92 Å². The van der Waals surface area contributed by atoms with E-state index < -0.39 is 23.5 Å². The molecule has 1 atom stereocenters. The fraction of sp³-hybridized carbons (Fsp3) is 0.889. The van der Waals surface area contributed by atoms with Gasteiger partial charge in [-0.25, -0.2) is 0 Å². The zero-order valence-electron chi connectivity index (χ0n) is 16.1. The predicted molar refractivity (Wildman–Crippen MR) is 92.0 cm³/mol. The zero-order valence-corrected chi connectivity index (χ0v) is 18.6. The van der Waals surface area contributed by atoms with E-state index in [4.69, 9.17) is 14.2 Å². The molecule has 146 valence electrons. The Kier molecular flexibility index (Phi) is 17.5. The van der Waals surface area contributed by atoms with E-state index >= 15 is 0 Å². The number of Topliss-reactive ketones (excluding diaryl/α,β-unsaturated/α-hetero) is 1. The summed E-state index contributed by atoms with van der Waals surface area (Å²) < 4.78 is 17.3. The van der Waals surface area contributed by atoms with Crippen molar-refractivity contribution >= 4 is 11.8 Å². The summed E-state index contributed by atoms with van der Waals surface area (Å²) >= 11 is 0. The Labute approximate surface area is 171 Å². The Hall–Kier alpha value is -0.0969. The number of ketones is 1. The van der Waals surface area contributed by atoms with Crippen LogP contribution >= 0.6 is 0 Å². The van der Waals surface area contributed by atoms with Gasteiger partial charge >= 0.3 is 5.97 Å². The SMILES string of the molecule is CCCCOCC(OCCCC)(OCCCC)C(C(C)=O)C(=O)O.[Zr]. The van der Waals surface area contributed by atoms with E-state index in [1.165, 1.54) is 6.92 Å². The van der Waals surface area contributed by atoms with E-state index in [0.29, 0.717) is 19.8 Å². The Bertz CT molecular complexity index is 337. The summed E-state index contributed by atoms with van der Waals surface area (Å²) in [7, 11) is 0. The van der Waals surface area contributed by atoms with Crippen molar-refractivity contribution in [3.05, 3.63) is 0 Å². The Morgan fingerprint density at radius 3 is 1.72 bits per heavy atom. The maximum Gasteiger partial charge on any atom is 0.319 e. The van der Waals surface area contributed by atoms with Crippen molar-refractivity contribution in [1.29, 1.82) is 0 Å². The number of carbonyl (C=O) groups excluding carboxylic acids is 1. The maximum absolute atomic E-state index is 12.0. The molecule has 0 rings (SSSR count). The molecule has 1 unspecified atom stereocenters. The average molecular weight is 438 g/mol.